The maximum absolute atomic E-state index is 12.5. The number of amides is 1. The van der Waals surface area contributed by atoms with Crippen LogP contribution in [0.4, 0.5) is 0 Å². The lowest BCUT2D eigenvalue weighted by atomic mass is 10.1. The highest BCUT2D eigenvalue weighted by Crippen LogP contribution is 2.25. The summed E-state index contributed by atoms with van der Waals surface area (Å²) in [6, 6.07) is 4.71. The van der Waals surface area contributed by atoms with E-state index in [9.17, 15) is 13.2 Å². The summed E-state index contributed by atoms with van der Waals surface area (Å²) in [7, 11) is -3.80. The van der Waals surface area contributed by atoms with Gasteiger partial charge in [-0.25, -0.2) is 13.6 Å². The Hall–Kier alpha value is -1.40. The van der Waals surface area contributed by atoms with Crippen LogP contribution in [0, 0.1) is 12.8 Å². The maximum atomic E-state index is 12.5. The first-order chi connectivity index (χ1) is 9.18. The first-order valence-corrected chi connectivity index (χ1v) is 8.18. The lowest BCUT2D eigenvalue weighted by Gasteiger charge is -2.22. The molecule has 110 valence electrons. The number of sulfonamides is 1. The molecule has 5 nitrogen and oxygen atoms in total. The van der Waals surface area contributed by atoms with Crippen LogP contribution in [0.25, 0.3) is 0 Å². The van der Waals surface area contributed by atoms with E-state index in [4.69, 9.17) is 5.14 Å². The Labute approximate surface area is 119 Å². The average Bonchev–Trinajstić information content (AvgIpc) is 2.65. The van der Waals surface area contributed by atoms with E-state index < -0.39 is 10.0 Å². The first-order valence-electron chi connectivity index (χ1n) is 6.64. The van der Waals surface area contributed by atoms with Crippen LogP contribution in [0.5, 0.6) is 0 Å². The second-order valence-corrected chi connectivity index (χ2v) is 7.29. The van der Waals surface area contributed by atoms with Crippen LogP contribution in [-0.4, -0.2) is 31.8 Å². The molecule has 0 aliphatic carbocycles. The van der Waals surface area contributed by atoms with Crippen LogP contribution in [0.1, 0.15) is 36.2 Å². The van der Waals surface area contributed by atoms with Gasteiger partial charge in [0.2, 0.25) is 10.0 Å². The first kappa shape index (κ1) is 15.0. The van der Waals surface area contributed by atoms with Crippen molar-refractivity contribution in [3.8, 4) is 0 Å². The molecule has 1 aliphatic heterocycles. The molecule has 2 rings (SSSR count). The van der Waals surface area contributed by atoms with Gasteiger partial charge in [-0.05, 0) is 49.9 Å². The van der Waals surface area contributed by atoms with Gasteiger partial charge in [0.15, 0.2) is 0 Å². The third-order valence-electron chi connectivity index (χ3n) is 3.67. The third-order valence-corrected chi connectivity index (χ3v) is 4.56. The van der Waals surface area contributed by atoms with Gasteiger partial charge in [-0.2, -0.15) is 0 Å². The summed E-state index contributed by atoms with van der Waals surface area (Å²) in [5.74, 6) is 0.340. The van der Waals surface area contributed by atoms with Gasteiger partial charge < -0.3 is 4.90 Å². The van der Waals surface area contributed by atoms with Crippen molar-refractivity contribution in [3.05, 3.63) is 29.3 Å². The van der Waals surface area contributed by atoms with E-state index in [-0.39, 0.29) is 16.8 Å². The van der Waals surface area contributed by atoms with Crippen molar-refractivity contribution in [1.82, 2.24) is 4.90 Å². The van der Waals surface area contributed by atoms with Gasteiger partial charge in [0.25, 0.3) is 5.91 Å². The summed E-state index contributed by atoms with van der Waals surface area (Å²) >= 11 is 0. The summed E-state index contributed by atoms with van der Waals surface area (Å²) < 4.78 is 22.9. The van der Waals surface area contributed by atoms with E-state index in [1.165, 1.54) is 12.1 Å². The summed E-state index contributed by atoms with van der Waals surface area (Å²) in [5.41, 5.74) is 1.09. The SMILES string of the molecule is Cc1cc(C(=O)N2CC(C)CC2C)cc(S(N)(=O)=O)c1. The standard InChI is InChI=1S/C14H20N2O3S/c1-9-5-12(7-13(6-9)20(15,18)19)14(17)16-8-10(2)4-11(16)3/h5-7,10-11H,4,8H2,1-3H3,(H2,15,18,19). The minimum atomic E-state index is -3.80. The lowest BCUT2D eigenvalue weighted by Crippen LogP contribution is -2.34. The largest absolute Gasteiger partial charge is 0.336 e. The van der Waals surface area contributed by atoms with E-state index in [0.717, 1.165) is 6.42 Å². The number of nitrogens with two attached hydrogens (primary N) is 1. The quantitative estimate of drug-likeness (QED) is 0.898. The number of rotatable bonds is 2. The molecule has 1 fully saturated rings. The van der Waals surface area contributed by atoms with Crippen LogP contribution >= 0.6 is 0 Å². The molecule has 20 heavy (non-hydrogen) atoms. The normalized spacial score (nSPS) is 23.1. The Bertz CT molecular complexity index is 640. The van der Waals surface area contributed by atoms with Crippen molar-refractivity contribution in [3.63, 3.8) is 0 Å². The maximum Gasteiger partial charge on any atom is 0.254 e. The van der Waals surface area contributed by atoms with Gasteiger partial charge in [-0.3, -0.25) is 4.79 Å². The van der Waals surface area contributed by atoms with Crippen molar-refractivity contribution in [2.24, 2.45) is 11.1 Å². The van der Waals surface area contributed by atoms with Crippen LogP contribution < -0.4 is 5.14 Å². The zero-order chi connectivity index (χ0) is 15.1. The lowest BCUT2D eigenvalue weighted by molar-refractivity contribution is 0.0743. The topological polar surface area (TPSA) is 80.5 Å². The smallest absolute Gasteiger partial charge is 0.254 e. The molecule has 6 heteroatoms. The van der Waals surface area contributed by atoms with E-state index in [1.54, 1.807) is 17.9 Å². The van der Waals surface area contributed by atoms with Gasteiger partial charge in [0.05, 0.1) is 4.90 Å². The molecule has 1 aromatic rings. The molecular weight excluding hydrogens is 276 g/mol. The molecule has 1 aromatic carbocycles. The molecule has 2 atom stereocenters. The molecule has 0 aromatic heterocycles. The van der Waals surface area contributed by atoms with Crippen molar-refractivity contribution in [2.75, 3.05) is 6.54 Å². The molecular formula is C14H20N2O3S. The van der Waals surface area contributed by atoms with Crippen molar-refractivity contribution in [2.45, 2.75) is 38.1 Å². The molecule has 1 heterocycles. The zero-order valence-electron chi connectivity index (χ0n) is 12.0. The number of primary sulfonamides is 1. The highest BCUT2D eigenvalue weighted by atomic mass is 32.2. The Balaban J connectivity index is 2.38. The number of aryl methyl sites for hydroxylation is 1. The van der Waals surface area contributed by atoms with E-state index in [0.29, 0.717) is 23.6 Å². The Kier molecular flexibility index (Phi) is 3.88. The molecule has 0 saturated carbocycles. The van der Waals surface area contributed by atoms with Gasteiger partial charge in [-0.15, -0.1) is 0 Å². The summed E-state index contributed by atoms with van der Waals surface area (Å²) in [4.78, 5) is 14.3. The molecule has 1 saturated heterocycles. The van der Waals surface area contributed by atoms with Gasteiger partial charge in [0, 0.05) is 18.2 Å². The fourth-order valence-electron chi connectivity index (χ4n) is 2.78. The predicted molar refractivity (Wildman–Crippen MR) is 76.8 cm³/mol. The summed E-state index contributed by atoms with van der Waals surface area (Å²) in [5, 5.41) is 5.14. The van der Waals surface area contributed by atoms with Gasteiger partial charge >= 0.3 is 0 Å². The van der Waals surface area contributed by atoms with E-state index >= 15 is 0 Å². The number of hydrogen-bond acceptors (Lipinski definition) is 3. The van der Waals surface area contributed by atoms with Gasteiger partial charge in [0.1, 0.15) is 0 Å². The van der Waals surface area contributed by atoms with Crippen LogP contribution in [0.3, 0.4) is 0 Å². The zero-order valence-corrected chi connectivity index (χ0v) is 12.8. The summed E-state index contributed by atoms with van der Waals surface area (Å²) in [6.45, 7) is 6.58. The van der Waals surface area contributed by atoms with Crippen molar-refractivity contribution >= 4 is 15.9 Å². The fraction of sp³-hybridized carbons (Fsp3) is 0.500. The number of carbonyl (C=O) groups excluding carboxylic acids is 1. The number of carbonyl (C=O) groups is 1. The average molecular weight is 296 g/mol. The second kappa shape index (κ2) is 5.18. The third kappa shape index (κ3) is 3.02. The van der Waals surface area contributed by atoms with E-state index in [2.05, 4.69) is 6.92 Å². The van der Waals surface area contributed by atoms with Crippen LogP contribution in [0.15, 0.2) is 23.1 Å². The molecule has 0 radical (unpaired) electrons. The molecule has 2 N–H and O–H groups in total. The molecule has 1 amide bonds. The molecule has 2 unspecified atom stereocenters. The second-order valence-electron chi connectivity index (χ2n) is 5.73. The highest BCUT2D eigenvalue weighted by molar-refractivity contribution is 7.89. The minimum absolute atomic E-state index is 0.0132. The molecule has 1 aliphatic rings. The number of likely N-dealkylation sites (tertiary alicyclic amines) is 1. The Morgan fingerprint density at radius 2 is 1.95 bits per heavy atom. The monoisotopic (exact) mass is 296 g/mol. The van der Waals surface area contributed by atoms with E-state index in [1.807, 2.05) is 6.92 Å². The number of hydrogen-bond donors (Lipinski definition) is 1. The number of nitrogens with zero attached hydrogens (tertiary/aromatic N) is 1. The van der Waals surface area contributed by atoms with Gasteiger partial charge in [-0.1, -0.05) is 6.92 Å². The fourth-order valence-corrected chi connectivity index (χ4v) is 3.43. The van der Waals surface area contributed by atoms with Crippen LogP contribution in [0.2, 0.25) is 0 Å². The van der Waals surface area contributed by atoms with Crippen molar-refractivity contribution in [1.29, 1.82) is 0 Å². The minimum Gasteiger partial charge on any atom is -0.336 e. The molecule has 0 bridgehead atoms. The Morgan fingerprint density at radius 3 is 2.45 bits per heavy atom. The number of benzene rings is 1. The Morgan fingerprint density at radius 1 is 1.30 bits per heavy atom. The molecule has 0 spiro atoms. The predicted octanol–water partition coefficient (Wildman–Crippen LogP) is 1.51. The van der Waals surface area contributed by atoms with Crippen molar-refractivity contribution < 1.29 is 13.2 Å². The van der Waals surface area contributed by atoms with Crippen LogP contribution in [-0.2, 0) is 10.0 Å². The summed E-state index contributed by atoms with van der Waals surface area (Å²) in [6.07, 6.45) is 0.972. The highest BCUT2D eigenvalue weighted by Gasteiger charge is 2.30.